The zero-order valence-electron chi connectivity index (χ0n) is 13.4. The monoisotopic (exact) mass is 296 g/mol. The molecule has 0 aliphatic rings. The zero-order chi connectivity index (χ0) is 15.8. The summed E-state index contributed by atoms with van der Waals surface area (Å²) in [5.74, 6) is 0. The Hall–Kier alpha value is -2.29. The molecule has 0 atom stereocenters. The summed E-state index contributed by atoms with van der Waals surface area (Å²) in [7, 11) is 1.84. The van der Waals surface area contributed by atoms with Crippen LogP contribution in [0.4, 0.5) is 4.79 Å². The summed E-state index contributed by atoms with van der Waals surface area (Å²) in [6.45, 7) is 3.45. The van der Waals surface area contributed by atoms with Crippen molar-refractivity contribution < 1.29 is 4.79 Å². The molecule has 0 aliphatic heterocycles. The SMILES string of the molecule is CCCCNC(=O)N(C)Cc1ccccc1-c1ccccc1. The first-order valence-electron chi connectivity index (χ1n) is 7.84. The molecule has 0 saturated carbocycles. The van der Waals surface area contributed by atoms with Gasteiger partial charge in [-0.05, 0) is 23.1 Å². The van der Waals surface area contributed by atoms with Crippen molar-refractivity contribution in [2.75, 3.05) is 13.6 Å². The summed E-state index contributed by atoms with van der Waals surface area (Å²) in [6, 6.07) is 18.5. The van der Waals surface area contributed by atoms with Crippen molar-refractivity contribution in [2.24, 2.45) is 0 Å². The van der Waals surface area contributed by atoms with Crippen LogP contribution in [0.3, 0.4) is 0 Å². The molecule has 0 saturated heterocycles. The van der Waals surface area contributed by atoms with Crippen LogP contribution in [0.2, 0.25) is 0 Å². The van der Waals surface area contributed by atoms with E-state index in [0.717, 1.165) is 24.9 Å². The van der Waals surface area contributed by atoms with Crippen LogP contribution in [0.25, 0.3) is 11.1 Å². The van der Waals surface area contributed by atoms with Crippen LogP contribution in [0.1, 0.15) is 25.3 Å². The van der Waals surface area contributed by atoms with E-state index in [9.17, 15) is 4.79 Å². The standard InChI is InChI=1S/C19H24N2O/c1-3-4-14-20-19(22)21(2)15-17-12-8-9-13-18(17)16-10-6-5-7-11-16/h5-13H,3-4,14-15H2,1-2H3,(H,20,22). The van der Waals surface area contributed by atoms with E-state index in [4.69, 9.17) is 0 Å². The summed E-state index contributed by atoms with van der Waals surface area (Å²) in [5, 5.41) is 2.95. The van der Waals surface area contributed by atoms with E-state index < -0.39 is 0 Å². The predicted molar refractivity (Wildman–Crippen MR) is 91.7 cm³/mol. The summed E-state index contributed by atoms with van der Waals surface area (Å²) in [5.41, 5.74) is 3.51. The summed E-state index contributed by atoms with van der Waals surface area (Å²) in [6.07, 6.45) is 2.10. The van der Waals surface area contributed by atoms with E-state index in [1.807, 2.05) is 37.4 Å². The lowest BCUT2D eigenvalue weighted by Crippen LogP contribution is -2.37. The molecular formula is C19H24N2O. The van der Waals surface area contributed by atoms with E-state index in [2.05, 4.69) is 36.5 Å². The van der Waals surface area contributed by atoms with Crippen LogP contribution in [0.15, 0.2) is 54.6 Å². The van der Waals surface area contributed by atoms with Gasteiger partial charge in [-0.2, -0.15) is 0 Å². The van der Waals surface area contributed by atoms with Gasteiger partial charge in [0.2, 0.25) is 0 Å². The van der Waals surface area contributed by atoms with Gasteiger partial charge < -0.3 is 10.2 Å². The Morgan fingerprint density at radius 1 is 1.05 bits per heavy atom. The highest BCUT2D eigenvalue weighted by molar-refractivity contribution is 5.74. The topological polar surface area (TPSA) is 32.3 Å². The van der Waals surface area contributed by atoms with Crippen LogP contribution < -0.4 is 5.32 Å². The van der Waals surface area contributed by atoms with Crippen molar-refractivity contribution in [1.82, 2.24) is 10.2 Å². The van der Waals surface area contributed by atoms with Crippen molar-refractivity contribution in [3.63, 3.8) is 0 Å². The van der Waals surface area contributed by atoms with E-state index in [0.29, 0.717) is 6.54 Å². The average Bonchev–Trinajstić information content (AvgIpc) is 2.56. The number of hydrogen-bond donors (Lipinski definition) is 1. The molecule has 2 aromatic rings. The van der Waals surface area contributed by atoms with Crippen LogP contribution in [-0.2, 0) is 6.54 Å². The fraction of sp³-hybridized carbons (Fsp3) is 0.316. The van der Waals surface area contributed by atoms with Crippen LogP contribution >= 0.6 is 0 Å². The summed E-state index contributed by atoms with van der Waals surface area (Å²) >= 11 is 0. The Morgan fingerprint density at radius 3 is 2.45 bits per heavy atom. The number of carbonyl (C=O) groups excluding carboxylic acids is 1. The van der Waals surface area contributed by atoms with Gasteiger partial charge >= 0.3 is 6.03 Å². The van der Waals surface area contributed by atoms with Gasteiger partial charge in [0.05, 0.1) is 0 Å². The van der Waals surface area contributed by atoms with E-state index in [1.165, 1.54) is 11.1 Å². The number of carbonyl (C=O) groups is 1. The van der Waals surface area contributed by atoms with Gasteiger partial charge in [-0.25, -0.2) is 4.79 Å². The Morgan fingerprint density at radius 2 is 1.73 bits per heavy atom. The molecule has 116 valence electrons. The number of hydrogen-bond acceptors (Lipinski definition) is 1. The maximum atomic E-state index is 12.1. The molecule has 0 aromatic heterocycles. The molecule has 3 heteroatoms. The molecular weight excluding hydrogens is 272 g/mol. The molecule has 0 bridgehead atoms. The molecule has 0 unspecified atom stereocenters. The number of benzene rings is 2. The molecule has 0 spiro atoms. The number of urea groups is 1. The maximum absolute atomic E-state index is 12.1. The molecule has 0 aliphatic carbocycles. The number of rotatable bonds is 6. The lowest BCUT2D eigenvalue weighted by Gasteiger charge is -2.20. The molecule has 22 heavy (non-hydrogen) atoms. The number of nitrogens with one attached hydrogen (secondary N) is 1. The van der Waals surface area contributed by atoms with Gasteiger partial charge in [-0.15, -0.1) is 0 Å². The van der Waals surface area contributed by atoms with E-state index in [-0.39, 0.29) is 6.03 Å². The lowest BCUT2D eigenvalue weighted by atomic mass is 9.99. The van der Waals surface area contributed by atoms with Crippen molar-refractivity contribution >= 4 is 6.03 Å². The first kappa shape index (κ1) is 16.1. The summed E-state index contributed by atoms with van der Waals surface area (Å²) < 4.78 is 0. The molecule has 0 heterocycles. The second-order valence-electron chi connectivity index (χ2n) is 5.46. The highest BCUT2D eigenvalue weighted by atomic mass is 16.2. The number of nitrogens with zero attached hydrogens (tertiary/aromatic N) is 1. The highest BCUT2D eigenvalue weighted by Gasteiger charge is 2.11. The number of amides is 2. The molecule has 2 amide bonds. The second-order valence-corrected chi connectivity index (χ2v) is 5.46. The van der Waals surface area contributed by atoms with Gasteiger partial charge in [0, 0.05) is 20.1 Å². The Kier molecular flexibility index (Phi) is 6.01. The largest absolute Gasteiger partial charge is 0.338 e. The molecule has 2 aromatic carbocycles. The Labute approximate surface area is 133 Å². The predicted octanol–water partition coefficient (Wildman–Crippen LogP) is 4.30. The minimum atomic E-state index is -0.0173. The minimum absolute atomic E-state index is 0.0173. The van der Waals surface area contributed by atoms with Crippen molar-refractivity contribution in [3.05, 3.63) is 60.2 Å². The summed E-state index contributed by atoms with van der Waals surface area (Å²) in [4.78, 5) is 13.8. The van der Waals surface area contributed by atoms with Crippen LogP contribution in [0, 0.1) is 0 Å². The van der Waals surface area contributed by atoms with Gasteiger partial charge in [-0.3, -0.25) is 0 Å². The minimum Gasteiger partial charge on any atom is -0.338 e. The van der Waals surface area contributed by atoms with Crippen molar-refractivity contribution in [3.8, 4) is 11.1 Å². The van der Waals surface area contributed by atoms with Crippen LogP contribution in [-0.4, -0.2) is 24.5 Å². The second kappa shape index (κ2) is 8.23. The third-order valence-electron chi connectivity index (χ3n) is 3.66. The molecule has 2 rings (SSSR count). The third kappa shape index (κ3) is 4.35. The highest BCUT2D eigenvalue weighted by Crippen LogP contribution is 2.24. The van der Waals surface area contributed by atoms with E-state index in [1.54, 1.807) is 4.90 Å². The first-order chi connectivity index (χ1) is 10.7. The van der Waals surface area contributed by atoms with Gasteiger partial charge in [-0.1, -0.05) is 67.9 Å². The van der Waals surface area contributed by atoms with E-state index >= 15 is 0 Å². The Bertz CT molecular complexity index is 595. The van der Waals surface area contributed by atoms with Gasteiger partial charge in [0.15, 0.2) is 0 Å². The van der Waals surface area contributed by atoms with Crippen molar-refractivity contribution in [1.29, 1.82) is 0 Å². The quantitative estimate of drug-likeness (QED) is 0.792. The molecule has 1 N–H and O–H groups in total. The third-order valence-corrected chi connectivity index (χ3v) is 3.66. The maximum Gasteiger partial charge on any atom is 0.317 e. The number of unbranched alkanes of at least 4 members (excludes halogenated alkanes) is 1. The smallest absolute Gasteiger partial charge is 0.317 e. The Balaban J connectivity index is 2.08. The van der Waals surface area contributed by atoms with Crippen LogP contribution in [0.5, 0.6) is 0 Å². The van der Waals surface area contributed by atoms with Gasteiger partial charge in [0.25, 0.3) is 0 Å². The average molecular weight is 296 g/mol. The zero-order valence-corrected chi connectivity index (χ0v) is 13.4. The lowest BCUT2D eigenvalue weighted by molar-refractivity contribution is 0.207. The fourth-order valence-corrected chi connectivity index (χ4v) is 2.39. The fourth-order valence-electron chi connectivity index (χ4n) is 2.39. The van der Waals surface area contributed by atoms with Gasteiger partial charge in [0.1, 0.15) is 0 Å². The molecule has 3 nitrogen and oxygen atoms in total. The normalized spacial score (nSPS) is 10.3. The molecule has 0 radical (unpaired) electrons. The first-order valence-corrected chi connectivity index (χ1v) is 7.84. The van der Waals surface area contributed by atoms with Crippen molar-refractivity contribution in [2.45, 2.75) is 26.3 Å². The molecule has 0 fully saturated rings.